The van der Waals surface area contributed by atoms with Crippen LogP contribution in [0.1, 0.15) is 39.0 Å². The number of carbonyl (C=O) groups excluding carboxylic acids is 1. The minimum Gasteiger partial charge on any atom is -0.354 e. The lowest BCUT2D eigenvalue weighted by Crippen LogP contribution is -2.54. The molecule has 6 nitrogen and oxygen atoms in total. The zero-order chi connectivity index (χ0) is 19.3. The van der Waals surface area contributed by atoms with E-state index in [4.69, 9.17) is 0 Å². The lowest BCUT2D eigenvalue weighted by molar-refractivity contribution is -0.126. The van der Waals surface area contributed by atoms with Crippen LogP contribution in [0, 0.1) is 0 Å². The second kappa shape index (κ2) is 9.32. The predicted octanol–water partition coefficient (Wildman–Crippen LogP) is 2.45. The van der Waals surface area contributed by atoms with Crippen LogP contribution in [0.5, 0.6) is 0 Å². The first kappa shape index (κ1) is 20.5. The Hall–Kier alpha value is -1.22. The number of amides is 1. The van der Waals surface area contributed by atoms with Gasteiger partial charge in [-0.25, -0.2) is 8.42 Å². The van der Waals surface area contributed by atoms with Crippen LogP contribution in [0.3, 0.4) is 0 Å². The molecule has 0 saturated carbocycles. The van der Waals surface area contributed by atoms with Crippen molar-refractivity contribution in [2.24, 2.45) is 0 Å². The van der Waals surface area contributed by atoms with Gasteiger partial charge in [0.2, 0.25) is 5.91 Å². The molecule has 0 bridgehead atoms. The summed E-state index contributed by atoms with van der Waals surface area (Å²) in [6.07, 6.45) is 8.11. The van der Waals surface area contributed by atoms with Gasteiger partial charge >= 0.3 is 0 Å². The summed E-state index contributed by atoms with van der Waals surface area (Å²) in [7, 11) is -3.40. The Bertz CT molecular complexity index is 751. The highest BCUT2D eigenvalue weighted by Gasteiger charge is 2.32. The standard InChI is InChI=1S/C19H29N3O3S2/c1-16(19(23)20-10-9-17-6-3-2-4-7-17)21-11-13-22(14-12-21)27(24,25)18-8-5-15-26-18/h5-6,8,15-16H,2-4,7,9-14H2,1H3,(H,20,23)/t16-/m1/s1. The van der Waals surface area contributed by atoms with Crippen LogP contribution in [0.15, 0.2) is 33.4 Å². The van der Waals surface area contributed by atoms with Gasteiger partial charge in [0.05, 0.1) is 6.04 Å². The number of nitrogens with zero attached hydrogens (tertiary/aromatic N) is 2. The van der Waals surface area contributed by atoms with Gasteiger partial charge in [0.25, 0.3) is 10.0 Å². The normalized spacial score (nSPS) is 20.9. The number of allylic oxidation sites excluding steroid dienone is 1. The van der Waals surface area contributed by atoms with Crippen molar-refractivity contribution < 1.29 is 13.2 Å². The van der Waals surface area contributed by atoms with Crippen LogP contribution in [0.25, 0.3) is 0 Å². The quantitative estimate of drug-likeness (QED) is 0.700. The number of carbonyl (C=O) groups is 1. The Morgan fingerprint density at radius 3 is 2.67 bits per heavy atom. The van der Waals surface area contributed by atoms with Crippen molar-refractivity contribution in [3.63, 3.8) is 0 Å². The molecule has 0 spiro atoms. The Labute approximate surface area is 166 Å². The maximum atomic E-state index is 12.6. The first-order valence-corrected chi connectivity index (χ1v) is 12.0. The highest BCUT2D eigenvalue weighted by molar-refractivity contribution is 7.91. The van der Waals surface area contributed by atoms with Gasteiger partial charge in [0.1, 0.15) is 4.21 Å². The molecule has 1 saturated heterocycles. The number of piperazine rings is 1. The summed E-state index contributed by atoms with van der Waals surface area (Å²) >= 11 is 1.24. The molecule has 1 fully saturated rings. The molecule has 2 heterocycles. The van der Waals surface area contributed by atoms with Crippen LogP contribution in [0.4, 0.5) is 0 Å². The molecule has 1 amide bonds. The molecule has 0 aromatic carbocycles. The number of nitrogens with one attached hydrogen (secondary N) is 1. The van der Waals surface area contributed by atoms with Crippen molar-refractivity contribution >= 4 is 27.3 Å². The Balaban J connectivity index is 1.44. The van der Waals surface area contributed by atoms with E-state index in [0.717, 1.165) is 12.8 Å². The molecule has 1 atom stereocenters. The van der Waals surface area contributed by atoms with Crippen molar-refractivity contribution in [1.82, 2.24) is 14.5 Å². The Kier molecular flexibility index (Phi) is 7.08. The van der Waals surface area contributed by atoms with Gasteiger partial charge < -0.3 is 5.32 Å². The fraction of sp³-hybridized carbons (Fsp3) is 0.632. The summed E-state index contributed by atoms with van der Waals surface area (Å²) < 4.78 is 27.1. The van der Waals surface area contributed by atoms with E-state index in [-0.39, 0.29) is 11.9 Å². The van der Waals surface area contributed by atoms with Gasteiger partial charge in [-0.2, -0.15) is 4.31 Å². The largest absolute Gasteiger partial charge is 0.354 e. The number of hydrogen-bond acceptors (Lipinski definition) is 5. The molecule has 8 heteroatoms. The number of rotatable bonds is 7. The molecule has 0 radical (unpaired) electrons. The highest BCUT2D eigenvalue weighted by Crippen LogP contribution is 2.22. The van der Waals surface area contributed by atoms with Crippen molar-refractivity contribution in [3.8, 4) is 0 Å². The summed E-state index contributed by atoms with van der Waals surface area (Å²) in [4.78, 5) is 14.5. The van der Waals surface area contributed by atoms with Crippen LogP contribution in [-0.2, 0) is 14.8 Å². The van der Waals surface area contributed by atoms with Gasteiger partial charge in [0.15, 0.2) is 0 Å². The topological polar surface area (TPSA) is 69.7 Å². The number of hydrogen-bond donors (Lipinski definition) is 1. The number of sulfonamides is 1. The third-order valence-electron chi connectivity index (χ3n) is 5.42. The summed E-state index contributed by atoms with van der Waals surface area (Å²) in [5, 5.41) is 4.82. The van der Waals surface area contributed by atoms with Gasteiger partial charge in [-0.15, -0.1) is 11.3 Å². The van der Waals surface area contributed by atoms with Crippen molar-refractivity contribution in [3.05, 3.63) is 29.2 Å². The molecule has 1 aliphatic heterocycles. The van der Waals surface area contributed by atoms with Gasteiger partial charge in [0, 0.05) is 32.7 Å². The summed E-state index contributed by atoms with van der Waals surface area (Å²) in [6, 6.07) is 3.16. The second-order valence-corrected chi connectivity index (χ2v) is 10.3. The van der Waals surface area contributed by atoms with Crippen LogP contribution < -0.4 is 5.32 Å². The highest BCUT2D eigenvalue weighted by atomic mass is 32.2. The maximum Gasteiger partial charge on any atom is 0.252 e. The van der Waals surface area contributed by atoms with E-state index in [1.165, 1.54) is 40.5 Å². The molecule has 1 N–H and O–H groups in total. The monoisotopic (exact) mass is 411 g/mol. The average Bonchev–Trinajstić information content (AvgIpc) is 3.24. The van der Waals surface area contributed by atoms with Crippen molar-refractivity contribution in [2.75, 3.05) is 32.7 Å². The first-order chi connectivity index (χ1) is 13.0. The van der Waals surface area contributed by atoms with E-state index in [1.54, 1.807) is 17.5 Å². The molecule has 27 heavy (non-hydrogen) atoms. The summed E-state index contributed by atoms with van der Waals surface area (Å²) in [5.74, 6) is 0.0287. The van der Waals surface area contributed by atoms with E-state index in [9.17, 15) is 13.2 Å². The molecule has 1 aromatic rings. The van der Waals surface area contributed by atoms with Crippen LogP contribution in [-0.4, -0.2) is 62.3 Å². The summed E-state index contributed by atoms with van der Waals surface area (Å²) in [5.41, 5.74) is 1.46. The molecule has 150 valence electrons. The molecular weight excluding hydrogens is 382 g/mol. The van der Waals surface area contributed by atoms with E-state index >= 15 is 0 Å². The second-order valence-electron chi connectivity index (χ2n) is 7.20. The minimum atomic E-state index is -3.40. The Morgan fingerprint density at radius 2 is 2.04 bits per heavy atom. The molecule has 2 aliphatic rings. The van der Waals surface area contributed by atoms with E-state index in [1.807, 2.05) is 6.92 Å². The van der Waals surface area contributed by atoms with Crippen molar-refractivity contribution in [1.29, 1.82) is 0 Å². The Morgan fingerprint density at radius 1 is 1.26 bits per heavy atom. The molecule has 1 aromatic heterocycles. The van der Waals surface area contributed by atoms with Gasteiger partial charge in [-0.05, 0) is 50.5 Å². The molecular formula is C19H29N3O3S2. The molecule has 1 aliphatic carbocycles. The SMILES string of the molecule is C[C@H](C(=O)NCCC1=CCCCC1)N1CCN(S(=O)(=O)c2cccs2)CC1. The predicted molar refractivity (Wildman–Crippen MR) is 108 cm³/mol. The summed E-state index contributed by atoms with van der Waals surface area (Å²) in [6.45, 7) is 4.57. The zero-order valence-corrected chi connectivity index (χ0v) is 17.5. The lowest BCUT2D eigenvalue weighted by atomic mass is 9.97. The van der Waals surface area contributed by atoms with Gasteiger partial charge in [-0.1, -0.05) is 17.7 Å². The third kappa shape index (κ3) is 5.19. The fourth-order valence-corrected chi connectivity index (χ4v) is 6.23. The number of thiophene rings is 1. The lowest BCUT2D eigenvalue weighted by Gasteiger charge is -2.36. The smallest absolute Gasteiger partial charge is 0.252 e. The third-order valence-corrected chi connectivity index (χ3v) is 8.69. The minimum absolute atomic E-state index is 0.0287. The van der Waals surface area contributed by atoms with Crippen LogP contribution in [0.2, 0.25) is 0 Å². The fourth-order valence-electron chi connectivity index (χ4n) is 3.66. The molecule has 3 rings (SSSR count). The van der Waals surface area contributed by atoms with Crippen molar-refractivity contribution in [2.45, 2.75) is 49.3 Å². The van der Waals surface area contributed by atoms with Crippen LogP contribution >= 0.6 is 11.3 Å². The maximum absolute atomic E-state index is 12.6. The average molecular weight is 412 g/mol. The zero-order valence-electron chi connectivity index (χ0n) is 15.9. The first-order valence-electron chi connectivity index (χ1n) is 9.72. The van der Waals surface area contributed by atoms with E-state index in [2.05, 4.69) is 16.3 Å². The van der Waals surface area contributed by atoms with E-state index < -0.39 is 10.0 Å². The van der Waals surface area contributed by atoms with E-state index in [0.29, 0.717) is 36.9 Å². The molecule has 0 unspecified atom stereocenters. The van der Waals surface area contributed by atoms with Gasteiger partial charge in [-0.3, -0.25) is 9.69 Å².